The zero-order valence-corrected chi connectivity index (χ0v) is 11.6. The average Bonchev–Trinajstić information content (AvgIpc) is 2.86. The Bertz CT molecular complexity index is 571. The van der Waals surface area contributed by atoms with Crippen LogP contribution in [0, 0.1) is 0 Å². The van der Waals surface area contributed by atoms with Gasteiger partial charge in [0.25, 0.3) is 0 Å². The summed E-state index contributed by atoms with van der Waals surface area (Å²) >= 11 is 6.46. The first-order valence-corrected chi connectivity index (χ1v) is 7.22. The van der Waals surface area contributed by atoms with Gasteiger partial charge in [-0.1, -0.05) is 43.0 Å². The highest BCUT2D eigenvalue weighted by atomic mass is 35.5. The number of nitrogens with two attached hydrogens (primary N) is 1. The zero-order chi connectivity index (χ0) is 13.2. The number of aromatic amines is 1. The fourth-order valence-corrected chi connectivity index (χ4v) is 3.30. The second-order valence-electron chi connectivity index (χ2n) is 5.27. The Hall–Kier alpha value is -1.48. The van der Waals surface area contributed by atoms with Crippen LogP contribution < -0.4 is 5.73 Å². The minimum atomic E-state index is 0.585. The van der Waals surface area contributed by atoms with Gasteiger partial charge in [-0.05, 0) is 36.0 Å². The molecule has 1 saturated carbocycles. The second kappa shape index (κ2) is 5.25. The lowest BCUT2D eigenvalue weighted by Crippen LogP contribution is -2.05. The molecule has 1 aliphatic carbocycles. The van der Waals surface area contributed by atoms with Crippen LogP contribution in [0.1, 0.15) is 43.6 Å². The van der Waals surface area contributed by atoms with Crippen molar-refractivity contribution in [3.63, 3.8) is 0 Å². The Kier molecular flexibility index (Phi) is 3.47. The highest BCUT2D eigenvalue weighted by molar-refractivity contribution is 6.31. The van der Waals surface area contributed by atoms with E-state index in [0.717, 1.165) is 16.1 Å². The third kappa shape index (κ3) is 2.47. The van der Waals surface area contributed by atoms with Crippen molar-refractivity contribution in [1.82, 2.24) is 10.2 Å². The molecule has 0 unspecified atom stereocenters. The number of nitrogens with one attached hydrogen (secondary N) is 1. The minimum absolute atomic E-state index is 0.585. The minimum Gasteiger partial charge on any atom is -0.384 e. The van der Waals surface area contributed by atoms with Crippen molar-refractivity contribution in [1.29, 1.82) is 0 Å². The summed E-state index contributed by atoms with van der Waals surface area (Å²) in [5, 5.41) is 7.55. The molecule has 1 aromatic heterocycles. The lowest BCUT2D eigenvalue weighted by atomic mass is 9.83. The van der Waals surface area contributed by atoms with Crippen LogP contribution in [0.25, 0.3) is 11.1 Å². The number of nitrogens with zero attached hydrogens (tertiary/aromatic N) is 1. The van der Waals surface area contributed by atoms with Crippen LogP contribution in [0.3, 0.4) is 0 Å². The first-order valence-electron chi connectivity index (χ1n) is 6.84. The number of hydrogen-bond acceptors (Lipinski definition) is 2. The van der Waals surface area contributed by atoms with Gasteiger partial charge in [0.1, 0.15) is 5.82 Å². The van der Waals surface area contributed by atoms with Crippen molar-refractivity contribution in [2.24, 2.45) is 0 Å². The Morgan fingerprint density at radius 2 is 2.00 bits per heavy atom. The maximum absolute atomic E-state index is 6.46. The molecule has 0 saturated heterocycles. The van der Waals surface area contributed by atoms with Crippen molar-refractivity contribution in [2.45, 2.75) is 38.0 Å². The van der Waals surface area contributed by atoms with E-state index in [2.05, 4.69) is 22.3 Å². The predicted octanol–water partition coefficient (Wildman–Crippen LogP) is 4.36. The molecule has 2 aromatic rings. The lowest BCUT2D eigenvalue weighted by molar-refractivity contribution is 0.444. The van der Waals surface area contributed by atoms with Gasteiger partial charge in [-0.15, -0.1) is 0 Å². The van der Waals surface area contributed by atoms with E-state index in [-0.39, 0.29) is 0 Å². The fraction of sp³-hybridized carbons (Fsp3) is 0.400. The number of nitrogen functional groups attached to an aromatic ring is 1. The van der Waals surface area contributed by atoms with E-state index in [1.165, 1.54) is 37.7 Å². The molecule has 19 heavy (non-hydrogen) atoms. The fourth-order valence-electron chi connectivity index (χ4n) is 2.97. The molecule has 1 aromatic carbocycles. The van der Waals surface area contributed by atoms with Crippen molar-refractivity contribution in [3.8, 4) is 11.1 Å². The van der Waals surface area contributed by atoms with Gasteiger partial charge in [0.15, 0.2) is 0 Å². The SMILES string of the molecule is Nc1[nH]ncc1-c1ccc(C2CCCCC2)c(Cl)c1. The van der Waals surface area contributed by atoms with Crippen LogP contribution in [0.15, 0.2) is 24.4 Å². The smallest absolute Gasteiger partial charge is 0.126 e. The van der Waals surface area contributed by atoms with E-state index in [1.807, 2.05) is 6.07 Å². The summed E-state index contributed by atoms with van der Waals surface area (Å²) in [5.74, 6) is 1.21. The maximum atomic E-state index is 6.46. The molecule has 100 valence electrons. The van der Waals surface area contributed by atoms with Crippen molar-refractivity contribution in [3.05, 3.63) is 35.0 Å². The van der Waals surface area contributed by atoms with Gasteiger partial charge >= 0.3 is 0 Å². The van der Waals surface area contributed by atoms with E-state index in [9.17, 15) is 0 Å². The first-order chi connectivity index (χ1) is 9.25. The van der Waals surface area contributed by atoms with Crippen LogP contribution in [-0.2, 0) is 0 Å². The van der Waals surface area contributed by atoms with Crippen LogP contribution in [0.2, 0.25) is 5.02 Å². The normalized spacial score (nSPS) is 16.7. The first kappa shape index (κ1) is 12.5. The maximum Gasteiger partial charge on any atom is 0.126 e. The molecule has 1 aliphatic rings. The van der Waals surface area contributed by atoms with Gasteiger partial charge in [0, 0.05) is 10.6 Å². The van der Waals surface area contributed by atoms with Crippen molar-refractivity contribution in [2.75, 3.05) is 5.73 Å². The molecule has 1 heterocycles. The summed E-state index contributed by atoms with van der Waals surface area (Å²) in [5.41, 5.74) is 9.06. The topological polar surface area (TPSA) is 54.7 Å². The van der Waals surface area contributed by atoms with Crippen LogP contribution in [-0.4, -0.2) is 10.2 Å². The monoisotopic (exact) mass is 275 g/mol. The molecule has 0 radical (unpaired) electrons. The van der Waals surface area contributed by atoms with E-state index in [1.54, 1.807) is 6.20 Å². The predicted molar refractivity (Wildman–Crippen MR) is 79.3 cm³/mol. The molecule has 0 amide bonds. The summed E-state index contributed by atoms with van der Waals surface area (Å²) in [4.78, 5) is 0. The third-order valence-corrected chi connectivity index (χ3v) is 4.35. The van der Waals surface area contributed by atoms with E-state index >= 15 is 0 Å². The number of anilines is 1. The van der Waals surface area contributed by atoms with Gasteiger partial charge in [-0.2, -0.15) is 5.10 Å². The lowest BCUT2D eigenvalue weighted by Gasteiger charge is -2.23. The summed E-state index contributed by atoms with van der Waals surface area (Å²) in [6, 6.07) is 6.25. The standard InChI is InChI=1S/C15H18ClN3/c16-14-8-11(13-9-18-19-15(13)17)6-7-12(14)10-4-2-1-3-5-10/h6-10H,1-5H2,(H3,17,18,19). The van der Waals surface area contributed by atoms with Gasteiger partial charge in [-0.3, -0.25) is 5.10 Å². The van der Waals surface area contributed by atoms with Gasteiger partial charge in [0.2, 0.25) is 0 Å². The molecular weight excluding hydrogens is 258 g/mol. The summed E-state index contributed by atoms with van der Waals surface area (Å²) in [6.07, 6.45) is 8.24. The van der Waals surface area contributed by atoms with E-state index < -0.39 is 0 Å². The number of hydrogen-bond donors (Lipinski definition) is 2. The molecule has 0 spiro atoms. The Labute approximate surface area is 118 Å². The van der Waals surface area contributed by atoms with Crippen molar-refractivity contribution >= 4 is 17.4 Å². The van der Waals surface area contributed by atoms with Crippen LogP contribution >= 0.6 is 11.6 Å². The highest BCUT2D eigenvalue weighted by Gasteiger charge is 2.18. The molecule has 3 rings (SSSR count). The largest absolute Gasteiger partial charge is 0.384 e. The van der Waals surface area contributed by atoms with Gasteiger partial charge in [0.05, 0.1) is 6.20 Å². The number of halogens is 1. The molecule has 0 aliphatic heterocycles. The number of rotatable bonds is 2. The summed E-state index contributed by atoms with van der Waals surface area (Å²) < 4.78 is 0. The molecule has 0 atom stereocenters. The number of H-pyrrole nitrogens is 1. The zero-order valence-electron chi connectivity index (χ0n) is 10.8. The third-order valence-electron chi connectivity index (χ3n) is 4.03. The van der Waals surface area contributed by atoms with Gasteiger partial charge in [-0.25, -0.2) is 0 Å². The number of benzene rings is 1. The quantitative estimate of drug-likeness (QED) is 0.855. The Morgan fingerprint density at radius 3 is 2.63 bits per heavy atom. The second-order valence-corrected chi connectivity index (χ2v) is 5.68. The summed E-state index contributed by atoms with van der Waals surface area (Å²) in [6.45, 7) is 0. The Balaban J connectivity index is 1.91. The van der Waals surface area contributed by atoms with Crippen LogP contribution in [0.4, 0.5) is 5.82 Å². The molecule has 1 fully saturated rings. The molecule has 3 nitrogen and oxygen atoms in total. The number of aromatic nitrogens is 2. The van der Waals surface area contributed by atoms with Gasteiger partial charge < -0.3 is 5.73 Å². The molecule has 4 heteroatoms. The molecule has 3 N–H and O–H groups in total. The highest BCUT2D eigenvalue weighted by Crippen LogP contribution is 2.38. The average molecular weight is 276 g/mol. The van der Waals surface area contributed by atoms with E-state index in [4.69, 9.17) is 17.3 Å². The molecular formula is C15H18ClN3. The summed E-state index contributed by atoms with van der Waals surface area (Å²) in [7, 11) is 0. The van der Waals surface area contributed by atoms with E-state index in [0.29, 0.717) is 11.7 Å². The Morgan fingerprint density at radius 1 is 1.21 bits per heavy atom. The van der Waals surface area contributed by atoms with Crippen molar-refractivity contribution < 1.29 is 0 Å². The van der Waals surface area contributed by atoms with Crippen LogP contribution in [0.5, 0.6) is 0 Å². The molecule has 0 bridgehead atoms.